The van der Waals surface area contributed by atoms with E-state index < -0.39 is 17.7 Å². The molecule has 0 bridgehead atoms. The van der Waals surface area contributed by atoms with E-state index in [9.17, 15) is 14.7 Å². The van der Waals surface area contributed by atoms with Crippen LogP contribution in [0.15, 0.2) is 72.3 Å². The van der Waals surface area contributed by atoms with E-state index in [4.69, 9.17) is 9.47 Å². The van der Waals surface area contributed by atoms with Gasteiger partial charge in [-0.05, 0) is 48.7 Å². The number of carbonyl (C=O) groups excluding carboxylic acids is 2. The molecule has 1 N–H and O–H groups in total. The first-order valence-corrected chi connectivity index (χ1v) is 10.5. The Morgan fingerprint density at radius 2 is 1.64 bits per heavy atom. The smallest absolute Gasteiger partial charge is 0.300 e. The largest absolute Gasteiger partial charge is 0.507 e. The highest BCUT2D eigenvalue weighted by atomic mass is 16.5. The molecule has 6 nitrogen and oxygen atoms in total. The molecule has 33 heavy (non-hydrogen) atoms. The van der Waals surface area contributed by atoms with Crippen LogP contribution in [0, 0.1) is 13.8 Å². The summed E-state index contributed by atoms with van der Waals surface area (Å²) in [5.74, 6) is -0.738. The summed E-state index contributed by atoms with van der Waals surface area (Å²) in [6, 6.07) is 19.0. The maximum absolute atomic E-state index is 13.3. The van der Waals surface area contributed by atoms with Crippen LogP contribution in [-0.2, 0) is 9.59 Å². The molecule has 1 fully saturated rings. The van der Waals surface area contributed by atoms with E-state index in [1.807, 2.05) is 50.2 Å². The molecule has 1 heterocycles. The molecule has 0 aliphatic carbocycles. The Morgan fingerprint density at radius 1 is 0.909 bits per heavy atom. The molecule has 168 valence electrons. The average Bonchev–Trinajstić information content (AvgIpc) is 3.09. The first-order valence-electron chi connectivity index (χ1n) is 10.5. The number of hydrogen-bond acceptors (Lipinski definition) is 5. The Hall–Kier alpha value is -4.06. The summed E-state index contributed by atoms with van der Waals surface area (Å²) >= 11 is 0. The number of Topliss-reactive ketones (excluding diaryl/α,β-unsaturated/α-hetero) is 1. The fourth-order valence-corrected chi connectivity index (χ4v) is 4.36. The van der Waals surface area contributed by atoms with Gasteiger partial charge < -0.3 is 14.6 Å². The highest BCUT2D eigenvalue weighted by Gasteiger charge is 2.47. The van der Waals surface area contributed by atoms with E-state index in [0.29, 0.717) is 28.3 Å². The van der Waals surface area contributed by atoms with Crippen molar-refractivity contribution in [3.05, 3.63) is 94.6 Å². The van der Waals surface area contributed by atoms with E-state index in [0.717, 1.165) is 11.1 Å². The third-order valence-corrected chi connectivity index (χ3v) is 5.77. The van der Waals surface area contributed by atoms with Crippen LogP contribution < -0.4 is 14.4 Å². The van der Waals surface area contributed by atoms with Crippen LogP contribution in [0.4, 0.5) is 5.69 Å². The summed E-state index contributed by atoms with van der Waals surface area (Å²) in [7, 11) is 3.05. The van der Waals surface area contributed by atoms with Gasteiger partial charge in [0.15, 0.2) is 0 Å². The normalized spacial score (nSPS) is 17.3. The van der Waals surface area contributed by atoms with Crippen LogP contribution in [0.1, 0.15) is 28.3 Å². The zero-order valence-electron chi connectivity index (χ0n) is 19.0. The zero-order valence-corrected chi connectivity index (χ0v) is 19.0. The minimum atomic E-state index is -0.816. The summed E-state index contributed by atoms with van der Waals surface area (Å²) in [4.78, 5) is 28.0. The number of ketones is 1. The number of benzene rings is 3. The van der Waals surface area contributed by atoms with Crippen molar-refractivity contribution in [2.24, 2.45) is 0 Å². The average molecular weight is 443 g/mol. The van der Waals surface area contributed by atoms with Crippen LogP contribution >= 0.6 is 0 Å². The van der Waals surface area contributed by atoms with Crippen LogP contribution in [0.3, 0.4) is 0 Å². The molecule has 6 heteroatoms. The second kappa shape index (κ2) is 8.82. The molecule has 1 atom stereocenters. The molecule has 3 aromatic rings. The second-order valence-corrected chi connectivity index (χ2v) is 7.94. The fraction of sp³-hybridized carbons (Fsp3) is 0.185. The van der Waals surface area contributed by atoms with Gasteiger partial charge in [0.2, 0.25) is 0 Å². The molecule has 1 saturated heterocycles. The number of methoxy groups -OCH3 is 2. The minimum absolute atomic E-state index is 0.0114. The number of anilines is 1. The lowest BCUT2D eigenvalue weighted by Crippen LogP contribution is -2.29. The topological polar surface area (TPSA) is 76.1 Å². The number of ether oxygens (including phenoxy) is 2. The first-order chi connectivity index (χ1) is 15.9. The van der Waals surface area contributed by atoms with E-state index in [-0.39, 0.29) is 11.3 Å². The van der Waals surface area contributed by atoms with Crippen molar-refractivity contribution in [1.82, 2.24) is 0 Å². The van der Waals surface area contributed by atoms with Gasteiger partial charge >= 0.3 is 0 Å². The van der Waals surface area contributed by atoms with Crippen molar-refractivity contribution in [3.63, 3.8) is 0 Å². The van der Waals surface area contributed by atoms with Crippen molar-refractivity contribution in [2.75, 3.05) is 19.1 Å². The molecule has 1 aliphatic heterocycles. The van der Waals surface area contributed by atoms with Crippen LogP contribution in [-0.4, -0.2) is 31.0 Å². The molecule has 0 radical (unpaired) electrons. The monoisotopic (exact) mass is 443 g/mol. The molecule has 3 aromatic carbocycles. The maximum Gasteiger partial charge on any atom is 0.300 e. The van der Waals surface area contributed by atoms with Crippen molar-refractivity contribution >= 4 is 23.1 Å². The molecule has 1 aliphatic rings. The lowest BCUT2D eigenvalue weighted by molar-refractivity contribution is -0.132. The van der Waals surface area contributed by atoms with Gasteiger partial charge in [-0.3, -0.25) is 14.5 Å². The molecular weight excluding hydrogens is 418 g/mol. The Labute approximate surface area is 192 Å². The Bertz CT molecular complexity index is 1260. The molecule has 0 saturated carbocycles. The van der Waals surface area contributed by atoms with Gasteiger partial charge in [0.1, 0.15) is 17.3 Å². The Kier molecular flexibility index (Phi) is 5.92. The Balaban J connectivity index is 2.00. The highest BCUT2D eigenvalue weighted by Crippen LogP contribution is 2.44. The molecule has 4 rings (SSSR count). The van der Waals surface area contributed by atoms with Crippen LogP contribution in [0.5, 0.6) is 11.5 Å². The van der Waals surface area contributed by atoms with Gasteiger partial charge in [-0.15, -0.1) is 0 Å². The number of hydrogen-bond donors (Lipinski definition) is 1. The predicted octanol–water partition coefficient (Wildman–Crippen LogP) is 4.95. The molecular formula is C27H25NO5. The lowest BCUT2D eigenvalue weighted by Gasteiger charge is -2.26. The molecule has 0 aromatic heterocycles. The van der Waals surface area contributed by atoms with Crippen molar-refractivity contribution in [3.8, 4) is 11.5 Å². The number of rotatable bonds is 5. The summed E-state index contributed by atoms with van der Waals surface area (Å²) in [5.41, 5.74) is 3.29. The maximum atomic E-state index is 13.3. The van der Waals surface area contributed by atoms with Gasteiger partial charge in [0.05, 0.1) is 31.4 Å². The van der Waals surface area contributed by atoms with E-state index in [2.05, 4.69) is 0 Å². The number of nitrogens with zero attached hydrogens (tertiary/aromatic N) is 1. The first kappa shape index (κ1) is 22.1. The van der Waals surface area contributed by atoms with Crippen LogP contribution in [0.25, 0.3) is 5.76 Å². The highest BCUT2D eigenvalue weighted by molar-refractivity contribution is 6.51. The van der Waals surface area contributed by atoms with Gasteiger partial charge in [-0.2, -0.15) is 0 Å². The standard InChI is InChI=1S/C27H25NO5/c1-16-13-17(2)26(33-4)21(14-16)24(29)22-23(18-9-6-5-7-10-18)28(27(31)25(22)30)19-11-8-12-20(15-19)32-3/h5-15,23,29H,1-4H3/b24-22+. The third kappa shape index (κ3) is 3.84. The number of aryl methyl sites for hydroxylation is 2. The number of amides is 1. The van der Waals surface area contributed by atoms with Crippen molar-refractivity contribution in [1.29, 1.82) is 0 Å². The second-order valence-electron chi connectivity index (χ2n) is 7.94. The third-order valence-electron chi connectivity index (χ3n) is 5.77. The van der Waals surface area contributed by atoms with E-state index in [1.54, 1.807) is 30.3 Å². The van der Waals surface area contributed by atoms with Gasteiger partial charge in [-0.25, -0.2) is 0 Å². The molecule has 0 spiro atoms. The number of aliphatic hydroxyl groups excluding tert-OH is 1. The van der Waals surface area contributed by atoms with E-state index in [1.165, 1.54) is 19.1 Å². The quantitative estimate of drug-likeness (QED) is 0.343. The number of carbonyl (C=O) groups is 2. The summed E-state index contributed by atoms with van der Waals surface area (Å²) < 4.78 is 10.9. The summed E-state index contributed by atoms with van der Waals surface area (Å²) in [6.07, 6.45) is 0. The van der Waals surface area contributed by atoms with Gasteiger partial charge in [-0.1, -0.05) is 42.5 Å². The van der Waals surface area contributed by atoms with Gasteiger partial charge in [0.25, 0.3) is 11.7 Å². The van der Waals surface area contributed by atoms with E-state index >= 15 is 0 Å². The number of aliphatic hydroxyl groups is 1. The van der Waals surface area contributed by atoms with Crippen molar-refractivity contribution < 1.29 is 24.2 Å². The molecule has 1 amide bonds. The van der Waals surface area contributed by atoms with Crippen LogP contribution in [0.2, 0.25) is 0 Å². The minimum Gasteiger partial charge on any atom is -0.507 e. The summed E-state index contributed by atoms with van der Waals surface area (Å²) in [6.45, 7) is 3.76. The Morgan fingerprint density at radius 3 is 2.30 bits per heavy atom. The zero-order chi connectivity index (χ0) is 23.7. The fourth-order valence-electron chi connectivity index (χ4n) is 4.36. The molecule has 1 unspecified atom stereocenters. The van der Waals surface area contributed by atoms with Crippen molar-refractivity contribution in [2.45, 2.75) is 19.9 Å². The SMILES string of the molecule is COc1cccc(N2C(=O)C(=O)/C(=C(/O)c3cc(C)cc(C)c3OC)C2c2ccccc2)c1. The van der Waals surface area contributed by atoms with Gasteiger partial charge in [0, 0.05) is 11.8 Å². The predicted molar refractivity (Wildman–Crippen MR) is 127 cm³/mol. The summed E-state index contributed by atoms with van der Waals surface area (Å²) in [5, 5.41) is 11.4. The lowest BCUT2D eigenvalue weighted by atomic mass is 9.93.